The second-order valence-corrected chi connectivity index (χ2v) is 8.39. The van der Waals surface area contributed by atoms with Gasteiger partial charge in [-0.05, 0) is 24.6 Å². The highest BCUT2D eigenvalue weighted by Crippen LogP contribution is 2.30. The maximum atomic E-state index is 13.2. The van der Waals surface area contributed by atoms with Gasteiger partial charge >= 0.3 is 5.97 Å². The van der Waals surface area contributed by atoms with Crippen molar-refractivity contribution in [1.29, 1.82) is 0 Å². The largest absolute Gasteiger partial charge is 0.468 e. The predicted octanol–water partition coefficient (Wildman–Crippen LogP) is 2.81. The fraction of sp³-hybridized carbons (Fsp3) is 0.304. The van der Waals surface area contributed by atoms with E-state index < -0.39 is 16.9 Å². The SMILES string of the molecule is COC(=O)C(c1ccccc1Cl)N1CCN(C(=O)c2nnn(-c3cccc([N+](=O)[O-])c3)c2C)CC1. The van der Waals surface area contributed by atoms with Gasteiger partial charge in [0.15, 0.2) is 5.69 Å². The van der Waals surface area contributed by atoms with Gasteiger partial charge in [-0.15, -0.1) is 5.10 Å². The van der Waals surface area contributed by atoms with Crippen molar-refractivity contribution in [2.24, 2.45) is 0 Å². The molecular weight excluding hydrogens is 476 g/mol. The molecule has 35 heavy (non-hydrogen) atoms. The highest BCUT2D eigenvalue weighted by molar-refractivity contribution is 6.31. The number of rotatable bonds is 6. The van der Waals surface area contributed by atoms with Crippen LogP contribution in [0.1, 0.15) is 27.8 Å². The summed E-state index contributed by atoms with van der Waals surface area (Å²) in [6.45, 7) is 3.26. The van der Waals surface area contributed by atoms with Gasteiger partial charge in [0.2, 0.25) is 0 Å². The van der Waals surface area contributed by atoms with Crippen molar-refractivity contribution in [3.8, 4) is 5.69 Å². The highest BCUT2D eigenvalue weighted by atomic mass is 35.5. The molecule has 3 aromatic rings. The Morgan fingerprint density at radius 3 is 2.49 bits per heavy atom. The zero-order chi connectivity index (χ0) is 25.1. The number of aromatic nitrogens is 3. The van der Waals surface area contributed by atoms with Crippen LogP contribution >= 0.6 is 11.6 Å². The van der Waals surface area contributed by atoms with Crippen LogP contribution in [0.5, 0.6) is 0 Å². The summed E-state index contributed by atoms with van der Waals surface area (Å²) in [6, 6.07) is 12.4. The molecule has 0 aliphatic carbocycles. The van der Waals surface area contributed by atoms with Crippen LogP contribution in [0.3, 0.4) is 0 Å². The van der Waals surface area contributed by atoms with Gasteiger partial charge in [0.1, 0.15) is 6.04 Å². The summed E-state index contributed by atoms with van der Waals surface area (Å²) in [5.41, 5.74) is 1.65. The summed E-state index contributed by atoms with van der Waals surface area (Å²) < 4.78 is 6.42. The minimum absolute atomic E-state index is 0.0833. The minimum Gasteiger partial charge on any atom is -0.468 e. The molecule has 1 aliphatic rings. The van der Waals surface area contributed by atoms with E-state index in [2.05, 4.69) is 10.3 Å². The van der Waals surface area contributed by atoms with Crippen molar-refractivity contribution in [3.05, 3.63) is 80.6 Å². The Bertz CT molecular complexity index is 1270. The first-order chi connectivity index (χ1) is 16.8. The van der Waals surface area contributed by atoms with E-state index in [9.17, 15) is 19.7 Å². The summed E-state index contributed by atoms with van der Waals surface area (Å²) in [7, 11) is 1.33. The number of methoxy groups -OCH3 is 1. The number of carbonyl (C=O) groups is 2. The second-order valence-electron chi connectivity index (χ2n) is 7.99. The Morgan fingerprint density at radius 1 is 1.11 bits per heavy atom. The van der Waals surface area contributed by atoms with Gasteiger partial charge in [-0.25, -0.2) is 9.48 Å². The Hall–Kier alpha value is -3.83. The molecule has 0 N–H and O–H groups in total. The molecule has 12 heteroatoms. The Balaban J connectivity index is 1.50. The van der Waals surface area contributed by atoms with Crippen molar-refractivity contribution in [2.45, 2.75) is 13.0 Å². The van der Waals surface area contributed by atoms with Crippen LogP contribution in [0.2, 0.25) is 5.02 Å². The Kier molecular flexibility index (Phi) is 7.08. The third kappa shape index (κ3) is 4.86. The number of hydrogen-bond acceptors (Lipinski definition) is 8. The smallest absolute Gasteiger partial charge is 0.327 e. The standard InChI is InChI=1S/C23H23ClN6O5/c1-15-20(25-26-29(15)16-6-5-7-17(14-16)30(33)34)22(31)28-12-10-27(11-13-28)21(23(32)35-2)18-8-3-4-9-19(18)24/h3-9,14,21H,10-13H2,1-2H3. The molecule has 11 nitrogen and oxygen atoms in total. The molecule has 0 spiro atoms. The number of piperazine rings is 1. The van der Waals surface area contributed by atoms with Crippen LogP contribution in [-0.4, -0.2) is 74.9 Å². The third-order valence-corrected chi connectivity index (χ3v) is 6.32. The summed E-state index contributed by atoms with van der Waals surface area (Å²) in [5, 5.41) is 19.6. The van der Waals surface area contributed by atoms with Gasteiger partial charge in [-0.1, -0.05) is 41.1 Å². The molecule has 1 atom stereocenters. The molecule has 1 aromatic heterocycles. The molecule has 1 fully saturated rings. The van der Waals surface area contributed by atoms with Crippen LogP contribution in [0.15, 0.2) is 48.5 Å². The van der Waals surface area contributed by atoms with Crippen molar-refractivity contribution < 1.29 is 19.2 Å². The average Bonchev–Trinajstić information content (AvgIpc) is 3.26. The third-order valence-electron chi connectivity index (χ3n) is 5.97. The lowest BCUT2D eigenvalue weighted by Crippen LogP contribution is -2.51. The van der Waals surface area contributed by atoms with Crippen LogP contribution in [0.4, 0.5) is 5.69 Å². The maximum absolute atomic E-state index is 13.2. The number of non-ortho nitro benzene ring substituents is 1. The number of amides is 1. The van der Waals surface area contributed by atoms with E-state index in [4.69, 9.17) is 16.3 Å². The summed E-state index contributed by atoms with van der Waals surface area (Å²) in [6.07, 6.45) is 0. The van der Waals surface area contributed by atoms with Crippen LogP contribution in [0.25, 0.3) is 5.69 Å². The second kappa shape index (κ2) is 10.2. The zero-order valence-electron chi connectivity index (χ0n) is 19.1. The molecule has 2 aromatic carbocycles. The fourth-order valence-electron chi connectivity index (χ4n) is 4.12. The van der Waals surface area contributed by atoms with E-state index in [0.717, 1.165) is 0 Å². The molecule has 1 amide bonds. The molecule has 0 radical (unpaired) electrons. The van der Waals surface area contributed by atoms with E-state index in [1.54, 1.807) is 42.2 Å². The first-order valence-electron chi connectivity index (χ1n) is 10.8. The van der Waals surface area contributed by atoms with Crippen molar-refractivity contribution >= 4 is 29.2 Å². The molecule has 4 rings (SSSR count). The molecular formula is C23H23ClN6O5. The fourth-order valence-corrected chi connectivity index (χ4v) is 4.36. The highest BCUT2D eigenvalue weighted by Gasteiger charge is 2.34. The number of esters is 1. The summed E-state index contributed by atoms with van der Waals surface area (Å²) in [5.74, 6) is -0.722. The monoisotopic (exact) mass is 498 g/mol. The predicted molar refractivity (Wildman–Crippen MR) is 126 cm³/mol. The molecule has 1 aliphatic heterocycles. The molecule has 182 valence electrons. The number of nitro groups is 1. The quantitative estimate of drug-likeness (QED) is 0.289. The van der Waals surface area contributed by atoms with Crippen LogP contribution in [-0.2, 0) is 9.53 Å². The van der Waals surface area contributed by atoms with E-state index in [-0.39, 0.29) is 17.3 Å². The van der Waals surface area contributed by atoms with E-state index in [0.29, 0.717) is 48.1 Å². The van der Waals surface area contributed by atoms with Gasteiger partial charge in [-0.3, -0.25) is 19.8 Å². The van der Waals surface area contributed by atoms with Crippen molar-refractivity contribution in [3.63, 3.8) is 0 Å². The normalized spacial score (nSPS) is 15.0. The van der Waals surface area contributed by atoms with Crippen LogP contribution < -0.4 is 0 Å². The number of benzene rings is 2. The van der Waals surface area contributed by atoms with Crippen molar-refractivity contribution in [2.75, 3.05) is 33.3 Å². The van der Waals surface area contributed by atoms with Crippen LogP contribution in [0, 0.1) is 17.0 Å². The van der Waals surface area contributed by atoms with E-state index in [1.165, 1.54) is 23.9 Å². The number of nitrogens with zero attached hydrogens (tertiary/aromatic N) is 6. The van der Waals surface area contributed by atoms with E-state index >= 15 is 0 Å². The zero-order valence-corrected chi connectivity index (χ0v) is 19.9. The van der Waals surface area contributed by atoms with Gasteiger partial charge in [-0.2, -0.15) is 0 Å². The molecule has 0 bridgehead atoms. The summed E-state index contributed by atoms with van der Waals surface area (Å²) in [4.78, 5) is 40.0. The lowest BCUT2D eigenvalue weighted by molar-refractivity contribution is -0.384. The lowest BCUT2D eigenvalue weighted by atomic mass is 10.0. The first kappa shape index (κ1) is 24.3. The molecule has 1 saturated heterocycles. The average molecular weight is 499 g/mol. The van der Waals surface area contributed by atoms with Gasteiger partial charge in [0.25, 0.3) is 11.6 Å². The Morgan fingerprint density at radius 2 is 1.83 bits per heavy atom. The number of nitro benzene ring substituents is 1. The number of ether oxygens (including phenoxy) is 1. The number of halogens is 1. The van der Waals surface area contributed by atoms with E-state index in [1.807, 2.05) is 11.0 Å². The topological polar surface area (TPSA) is 124 Å². The van der Waals surface area contributed by atoms with Gasteiger partial charge in [0.05, 0.1) is 23.4 Å². The minimum atomic E-state index is -0.678. The maximum Gasteiger partial charge on any atom is 0.327 e. The lowest BCUT2D eigenvalue weighted by Gasteiger charge is -2.38. The van der Waals surface area contributed by atoms with Gasteiger partial charge in [0, 0.05) is 43.3 Å². The van der Waals surface area contributed by atoms with Crippen molar-refractivity contribution in [1.82, 2.24) is 24.8 Å². The number of carbonyl (C=O) groups excluding carboxylic acids is 2. The first-order valence-corrected chi connectivity index (χ1v) is 11.2. The summed E-state index contributed by atoms with van der Waals surface area (Å²) >= 11 is 6.34. The molecule has 0 saturated carbocycles. The molecule has 2 heterocycles. The Labute approximate surface area is 206 Å². The van der Waals surface area contributed by atoms with Gasteiger partial charge < -0.3 is 9.64 Å². The molecule has 1 unspecified atom stereocenters. The number of hydrogen-bond donors (Lipinski definition) is 0.